The zero-order chi connectivity index (χ0) is 18.7. The number of halogens is 3. The molecule has 0 radical (unpaired) electrons. The Morgan fingerprint density at radius 3 is 2.35 bits per heavy atom. The smallest absolute Gasteiger partial charge is 0.322 e. The van der Waals surface area contributed by atoms with Crippen molar-refractivity contribution < 1.29 is 18.4 Å². The van der Waals surface area contributed by atoms with Gasteiger partial charge < -0.3 is 5.32 Å². The van der Waals surface area contributed by atoms with E-state index in [0.29, 0.717) is 17.3 Å². The van der Waals surface area contributed by atoms with E-state index in [-0.39, 0.29) is 11.5 Å². The van der Waals surface area contributed by atoms with Crippen molar-refractivity contribution in [2.24, 2.45) is 0 Å². The molecular formula is C15H12F3N7O. The lowest BCUT2D eigenvalue weighted by atomic mass is 10.2. The topological polar surface area (TPSA) is 112 Å². The Bertz CT molecular complexity index is 904. The molecule has 0 atom stereocenters. The third kappa shape index (κ3) is 3.78. The van der Waals surface area contributed by atoms with Gasteiger partial charge in [0.05, 0.1) is 23.6 Å². The van der Waals surface area contributed by atoms with Crippen LogP contribution in [0.15, 0.2) is 48.9 Å². The van der Waals surface area contributed by atoms with Crippen LogP contribution in [0.1, 0.15) is 11.3 Å². The highest BCUT2D eigenvalue weighted by Crippen LogP contribution is 2.29. The van der Waals surface area contributed by atoms with Crippen LogP contribution in [0.3, 0.4) is 0 Å². The minimum absolute atomic E-state index is 0.147. The standard InChI is InChI=1S/C15H12F3N7O/c16-15(17,18)9-1-3-10(4-2-9)25-6-5-12(23-25)22-13-8-20-11(7-21-13)14(19)24-26/h1-8,26H,(H2,19,24)(H,21,22,23). The van der Waals surface area contributed by atoms with Crippen LogP contribution in [0.4, 0.5) is 24.8 Å². The van der Waals surface area contributed by atoms with Crippen LogP contribution < -0.4 is 10.8 Å². The maximum atomic E-state index is 12.6. The zero-order valence-corrected chi connectivity index (χ0v) is 13.0. The van der Waals surface area contributed by atoms with Gasteiger partial charge >= 0.3 is 6.18 Å². The maximum Gasteiger partial charge on any atom is 0.416 e. The lowest BCUT2D eigenvalue weighted by Crippen LogP contribution is -2.20. The minimum Gasteiger partial charge on any atom is -0.322 e. The summed E-state index contributed by atoms with van der Waals surface area (Å²) < 4.78 is 39.2. The molecule has 3 rings (SSSR count). The molecule has 0 unspecified atom stereocenters. The highest BCUT2D eigenvalue weighted by atomic mass is 19.4. The summed E-state index contributed by atoms with van der Waals surface area (Å²) in [6, 6.07) is 6.23. The van der Waals surface area contributed by atoms with Gasteiger partial charge in [0, 0.05) is 12.3 Å². The molecule has 0 saturated carbocycles. The molecule has 11 heteroatoms. The Labute approximate surface area is 144 Å². The van der Waals surface area contributed by atoms with E-state index in [1.165, 1.54) is 29.2 Å². The third-order valence-corrected chi connectivity index (χ3v) is 3.32. The van der Waals surface area contributed by atoms with Gasteiger partial charge in [-0.15, -0.1) is 0 Å². The maximum absolute atomic E-state index is 12.6. The molecule has 0 saturated heterocycles. The Morgan fingerprint density at radius 1 is 1.04 bits per heavy atom. The Morgan fingerprint density at radius 2 is 1.77 bits per heavy atom. The first-order chi connectivity index (χ1) is 12.4. The number of hydrogen-bond donors (Lipinski definition) is 4. The van der Waals surface area contributed by atoms with Crippen molar-refractivity contribution in [1.82, 2.24) is 25.2 Å². The van der Waals surface area contributed by atoms with E-state index < -0.39 is 11.7 Å². The van der Waals surface area contributed by atoms with Crippen molar-refractivity contribution in [2.45, 2.75) is 6.18 Å². The van der Waals surface area contributed by atoms with Gasteiger partial charge in [0.15, 0.2) is 11.7 Å². The molecule has 0 aliphatic heterocycles. The van der Waals surface area contributed by atoms with E-state index >= 15 is 0 Å². The Kier molecular flexibility index (Phi) is 4.54. The summed E-state index contributed by atoms with van der Waals surface area (Å²) in [5.41, 5.74) is 1.54. The normalized spacial score (nSPS) is 11.2. The molecule has 3 aromatic rings. The average Bonchev–Trinajstić information content (AvgIpc) is 3.09. The molecule has 0 aliphatic carbocycles. The van der Waals surface area contributed by atoms with Crippen LogP contribution in [-0.2, 0) is 6.18 Å². The predicted molar refractivity (Wildman–Crippen MR) is 85.6 cm³/mol. The van der Waals surface area contributed by atoms with Crippen LogP contribution >= 0.6 is 0 Å². The third-order valence-electron chi connectivity index (χ3n) is 3.32. The summed E-state index contributed by atoms with van der Waals surface area (Å²) in [6.07, 6.45) is -0.181. The molecule has 2 aromatic heterocycles. The lowest BCUT2D eigenvalue weighted by Gasteiger charge is -2.07. The van der Waals surface area contributed by atoms with Gasteiger partial charge in [0.1, 0.15) is 11.5 Å². The summed E-state index contributed by atoms with van der Waals surface area (Å²) in [7, 11) is 0. The Hall–Kier alpha value is -3.47. The van der Waals surface area contributed by atoms with E-state index in [4.69, 9.17) is 10.6 Å². The SMILES string of the molecule is N=C(NO)c1cnc(Nc2ccn(-c3ccc(C(F)(F)F)cc3)n2)cn1. The summed E-state index contributed by atoms with van der Waals surface area (Å²) in [5.74, 6) is 0.454. The number of benzene rings is 1. The van der Waals surface area contributed by atoms with Crippen LogP contribution in [0.2, 0.25) is 0 Å². The number of alkyl halides is 3. The average molecular weight is 363 g/mol. The first kappa shape index (κ1) is 17.4. The van der Waals surface area contributed by atoms with E-state index in [0.717, 1.165) is 12.1 Å². The van der Waals surface area contributed by atoms with E-state index in [1.807, 2.05) is 0 Å². The second-order valence-corrected chi connectivity index (χ2v) is 5.09. The Balaban J connectivity index is 1.73. The minimum atomic E-state index is -4.39. The monoisotopic (exact) mass is 363 g/mol. The number of hydroxylamine groups is 1. The van der Waals surface area contributed by atoms with E-state index in [9.17, 15) is 13.2 Å². The summed E-state index contributed by atoms with van der Waals surface area (Å²) in [5, 5.41) is 23.1. The molecule has 4 N–H and O–H groups in total. The molecule has 0 bridgehead atoms. The quantitative estimate of drug-likeness (QED) is 0.322. The van der Waals surface area contributed by atoms with E-state index in [2.05, 4.69) is 20.4 Å². The first-order valence-electron chi connectivity index (χ1n) is 7.18. The number of rotatable bonds is 4. The fraction of sp³-hybridized carbons (Fsp3) is 0.0667. The number of aromatic nitrogens is 4. The molecule has 26 heavy (non-hydrogen) atoms. The van der Waals surface area contributed by atoms with Crippen molar-refractivity contribution in [3.8, 4) is 5.69 Å². The highest BCUT2D eigenvalue weighted by molar-refractivity contribution is 5.93. The number of amidine groups is 1. The lowest BCUT2D eigenvalue weighted by molar-refractivity contribution is -0.137. The van der Waals surface area contributed by atoms with Crippen molar-refractivity contribution in [3.63, 3.8) is 0 Å². The second kappa shape index (κ2) is 6.80. The molecule has 8 nitrogen and oxygen atoms in total. The van der Waals surface area contributed by atoms with Gasteiger partial charge in [-0.3, -0.25) is 16.1 Å². The van der Waals surface area contributed by atoms with Gasteiger partial charge in [0.25, 0.3) is 0 Å². The molecule has 1 aromatic carbocycles. The van der Waals surface area contributed by atoms with E-state index in [1.54, 1.807) is 17.7 Å². The summed E-state index contributed by atoms with van der Waals surface area (Å²) in [4.78, 5) is 7.95. The second-order valence-electron chi connectivity index (χ2n) is 5.09. The van der Waals surface area contributed by atoms with Crippen molar-refractivity contribution in [2.75, 3.05) is 5.32 Å². The number of nitrogens with one attached hydrogen (secondary N) is 3. The van der Waals surface area contributed by atoms with Gasteiger partial charge in [-0.05, 0) is 24.3 Å². The largest absolute Gasteiger partial charge is 0.416 e. The molecule has 134 valence electrons. The predicted octanol–water partition coefficient (Wildman–Crippen LogP) is 2.73. The fourth-order valence-electron chi connectivity index (χ4n) is 2.05. The summed E-state index contributed by atoms with van der Waals surface area (Å²) in [6.45, 7) is 0. The number of hydrogen-bond acceptors (Lipinski definition) is 6. The molecule has 0 amide bonds. The van der Waals surface area contributed by atoms with Crippen LogP contribution in [-0.4, -0.2) is 30.8 Å². The molecule has 0 fully saturated rings. The fourth-order valence-corrected chi connectivity index (χ4v) is 2.05. The molecular weight excluding hydrogens is 351 g/mol. The number of nitrogens with zero attached hydrogens (tertiary/aromatic N) is 4. The van der Waals surface area contributed by atoms with Crippen molar-refractivity contribution in [3.05, 3.63) is 60.2 Å². The molecule has 0 aliphatic rings. The van der Waals surface area contributed by atoms with Gasteiger partial charge in [-0.25, -0.2) is 14.6 Å². The van der Waals surface area contributed by atoms with Crippen LogP contribution in [0, 0.1) is 5.41 Å². The summed E-state index contributed by atoms with van der Waals surface area (Å²) >= 11 is 0. The van der Waals surface area contributed by atoms with Crippen molar-refractivity contribution in [1.29, 1.82) is 5.41 Å². The molecule has 2 heterocycles. The zero-order valence-electron chi connectivity index (χ0n) is 13.0. The van der Waals surface area contributed by atoms with Crippen LogP contribution in [0.25, 0.3) is 5.69 Å². The van der Waals surface area contributed by atoms with Crippen LogP contribution in [0.5, 0.6) is 0 Å². The first-order valence-corrected chi connectivity index (χ1v) is 7.18. The number of anilines is 2. The molecule has 0 spiro atoms. The van der Waals surface area contributed by atoms with Gasteiger partial charge in [-0.2, -0.15) is 18.3 Å². The van der Waals surface area contributed by atoms with Gasteiger partial charge in [0.2, 0.25) is 0 Å². The highest BCUT2D eigenvalue weighted by Gasteiger charge is 2.30. The van der Waals surface area contributed by atoms with Gasteiger partial charge in [-0.1, -0.05) is 0 Å². The van der Waals surface area contributed by atoms with Crippen molar-refractivity contribution >= 4 is 17.5 Å².